The second-order valence-electron chi connectivity index (χ2n) is 5.27. The van der Waals surface area contributed by atoms with Crippen LogP contribution in [-0.4, -0.2) is 27.8 Å². The number of carbonyl (C=O) groups is 1. The topological polar surface area (TPSA) is 46.1 Å². The van der Waals surface area contributed by atoms with Crippen LogP contribution in [-0.2, 0) is 11.2 Å². The summed E-state index contributed by atoms with van der Waals surface area (Å²) in [5.74, 6) is 0.0842. The van der Waals surface area contributed by atoms with Crippen LogP contribution in [0, 0.1) is 27.7 Å². The first-order chi connectivity index (χ1) is 9.79. The van der Waals surface area contributed by atoms with Gasteiger partial charge < -0.3 is 4.90 Å². The van der Waals surface area contributed by atoms with Crippen LogP contribution in [0.25, 0.3) is 0 Å². The number of aromatic nitrogens is 2. The number of thiazole rings is 2. The molecule has 2 aromatic heterocycles. The van der Waals surface area contributed by atoms with Gasteiger partial charge in [0.1, 0.15) is 0 Å². The molecule has 4 nitrogen and oxygen atoms in total. The third kappa shape index (κ3) is 3.49. The lowest BCUT2D eigenvalue weighted by molar-refractivity contribution is -0.131. The molecule has 0 spiro atoms. The van der Waals surface area contributed by atoms with Gasteiger partial charge in [0.2, 0.25) is 5.91 Å². The van der Waals surface area contributed by atoms with Gasteiger partial charge in [-0.3, -0.25) is 4.79 Å². The van der Waals surface area contributed by atoms with Gasteiger partial charge in [0.05, 0.1) is 33.9 Å². The van der Waals surface area contributed by atoms with Crippen LogP contribution >= 0.6 is 22.7 Å². The highest BCUT2D eigenvalue weighted by molar-refractivity contribution is 7.11. The average molecular weight is 323 g/mol. The zero-order valence-electron chi connectivity index (χ0n) is 13.4. The molecular formula is C15H21N3OS2. The van der Waals surface area contributed by atoms with Gasteiger partial charge in [-0.2, -0.15) is 0 Å². The zero-order chi connectivity index (χ0) is 15.7. The van der Waals surface area contributed by atoms with Crippen LogP contribution < -0.4 is 0 Å². The van der Waals surface area contributed by atoms with E-state index in [0.717, 1.165) is 26.3 Å². The van der Waals surface area contributed by atoms with Gasteiger partial charge in [0.15, 0.2) is 0 Å². The van der Waals surface area contributed by atoms with E-state index >= 15 is 0 Å². The van der Waals surface area contributed by atoms with E-state index in [1.54, 1.807) is 27.6 Å². The molecule has 0 aromatic carbocycles. The summed E-state index contributed by atoms with van der Waals surface area (Å²) in [6.45, 7) is 10.1. The van der Waals surface area contributed by atoms with Crippen LogP contribution in [0.2, 0.25) is 0 Å². The van der Waals surface area contributed by atoms with Crippen LogP contribution in [0.4, 0.5) is 0 Å². The normalized spacial score (nSPS) is 12.5. The molecule has 0 aliphatic heterocycles. The Morgan fingerprint density at radius 1 is 1.10 bits per heavy atom. The fourth-order valence-electron chi connectivity index (χ4n) is 2.34. The minimum absolute atomic E-state index is 0.0116. The Morgan fingerprint density at radius 2 is 1.67 bits per heavy atom. The number of carbonyl (C=O) groups excluding carboxylic acids is 1. The molecule has 1 atom stereocenters. The maximum absolute atomic E-state index is 12.5. The fourth-order valence-corrected chi connectivity index (χ4v) is 4.08. The molecule has 0 bridgehead atoms. The number of hydrogen-bond donors (Lipinski definition) is 0. The van der Waals surface area contributed by atoms with Gasteiger partial charge in [0, 0.05) is 16.8 Å². The van der Waals surface area contributed by atoms with Crippen LogP contribution in [0.1, 0.15) is 44.1 Å². The van der Waals surface area contributed by atoms with Crippen LogP contribution in [0.3, 0.4) is 0 Å². The van der Waals surface area contributed by atoms with Crippen LogP contribution in [0.15, 0.2) is 0 Å². The molecule has 2 heterocycles. The number of likely N-dealkylation sites (N-methyl/N-ethyl adjacent to an activating group) is 1. The molecular weight excluding hydrogens is 302 g/mol. The van der Waals surface area contributed by atoms with Crippen molar-refractivity contribution in [3.63, 3.8) is 0 Å². The first-order valence-corrected chi connectivity index (χ1v) is 8.55. The van der Waals surface area contributed by atoms with Crippen LogP contribution in [0.5, 0.6) is 0 Å². The lowest BCUT2D eigenvalue weighted by atomic mass is 10.1. The summed E-state index contributed by atoms with van der Waals surface area (Å²) in [5.41, 5.74) is 1.90. The van der Waals surface area contributed by atoms with Crippen molar-refractivity contribution in [3.05, 3.63) is 31.2 Å². The van der Waals surface area contributed by atoms with E-state index in [-0.39, 0.29) is 11.9 Å². The summed E-state index contributed by atoms with van der Waals surface area (Å²) >= 11 is 3.32. The fraction of sp³-hybridized carbons (Fsp3) is 0.533. The van der Waals surface area contributed by atoms with Gasteiger partial charge in [-0.1, -0.05) is 0 Å². The number of rotatable bonds is 4. The zero-order valence-corrected chi connectivity index (χ0v) is 15.0. The minimum Gasteiger partial charge on any atom is -0.337 e. The summed E-state index contributed by atoms with van der Waals surface area (Å²) in [4.78, 5) is 25.6. The van der Waals surface area contributed by atoms with E-state index in [0.29, 0.717) is 6.42 Å². The highest BCUT2D eigenvalue weighted by Crippen LogP contribution is 2.26. The third-order valence-corrected chi connectivity index (χ3v) is 5.46. The summed E-state index contributed by atoms with van der Waals surface area (Å²) in [5, 5.41) is 2.05. The van der Waals surface area contributed by atoms with Crippen molar-refractivity contribution in [1.29, 1.82) is 0 Å². The first kappa shape index (κ1) is 16.1. The summed E-state index contributed by atoms with van der Waals surface area (Å²) < 4.78 is 0. The maximum Gasteiger partial charge on any atom is 0.228 e. The Kier molecular flexibility index (Phi) is 4.78. The SMILES string of the molecule is Cc1nc(CC(=O)N(C)C(C)c2nc(C)sc2C)c(C)s1. The largest absolute Gasteiger partial charge is 0.337 e. The third-order valence-electron chi connectivity index (χ3n) is 3.63. The molecule has 0 N–H and O–H groups in total. The number of amides is 1. The lowest BCUT2D eigenvalue weighted by Gasteiger charge is -2.24. The Bertz CT molecular complexity index is 660. The van der Waals surface area contributed by atoms with Crippen molar-refractivity contribution in [2.24, 2.45) is 0 Å². The number of nitrogens with zero attached hydrogens (tertiary/aromatic N) is 3. The number of aryl methyl sites for hydroxylation is 4. The molecule has 0 saturated carbocycles. The van der Waals surface area contributed by atoms with E-state index < -0.39 is 0 Å². The monoisotopic (exact) mass is 323 g/mol. The Balaban J connectivity index is 2.12. The Labute approximate surface area is 133 Å². The second-order valence-corrected chi connectivity index (χ2v) is 8.08. The molecule has 1 amide bonds. The van der Waals surface area contributed by atoms with Crippen molar-refractivity contribution in [1.82, 2.24) is 14.9 Å². The summed E-state index contributed by atoms with van der Waals surface area (Å²) in [6.07, 6.45) is 0.360. The Hall–Kier alpha value is -1.27. The maximum atomic E-state index is 12.5. The van der Waals surface area contributed by atoms with Crippen molar-refractivity contribution >= 4 is 28.6 Å². The van der Waals surface area contributed by atoms with Crippen molar-refractivity contribution < 1.29 is 4.79 Å². The van der Waals surface area contributed by atoms with Gasteiger partial charge in [-0.25, -0.2) is 9.97 Å². The molecule has 0 aliphatic rings. The van der Waals surface area contributed by atoms with Crippen molar-refractivity contribution in [2.45, 2.75) is 47.1 Å². The molecule has 6 heteroatoms. The molecule has 114 valence electrons. The van der Waals surface area contributed by atoms with E-state index in [9.17, 15) is 4.79 Å². The molecule has 0 saturated heterocycles. The smallest absolute Gasteiger partial charge is 0.228 e. The number of hydrogen-bond acceptors (Lipinski definition) is 5. The molecule has 21 heavy (non-hydrogen) atoms. The average Bonchev–Trinajstić information content (AvgIpc) is 2.89. The van der Waals surface area contributed by atoms with E-state index in [1.165, 1.54) is 4.88 Å². The van der Waals surface area contributed by atoms with Crippen molar-refractivity contribution in [2.75, 3.05) is 7.05 Å². The van der Waals surface area contributed by atoms with Gasteiger partial charge >= 0.3 is 0 Å². The van der Waals surface area contributed by atoms with E-state index in [4.69, 9.17) is 0 Å². The van der Waals surface area contributed by atoms with E-state index in [2.05, 4.69) is 16.9 Å². The van der Waals surface area contributed by atoms with Gasteiger partial charge in [0.25, 0.3) is 0 Å². The Morgan fingerprint density at radius 3 is 2.14 bits per heavy atom. The summed E-state index contributed by atoms with van der Waals surface area (Å²) in [6, 6.07) is -0.0116. The highest BCUT2D eigenvalue weighted by Gasteiger charge is 2.22. The molecule has 0 radical (unpaired) electrons. The molecule has 1 unspecified atom stereocenters. The molecule has 0 fully saturated rings. The molecule has 2 aromatic rings. The highest BCUT2D eigenvalue weighted by atomic mass is 32.1. The van der Waals surface area contributed by atoms with Gasteiger partial charge in [-0.15, -0.1) is 22.7 Å². The molecule has 0 aliphatic carbocycles. The minimum atomic E-state index is -0.0116. The molecule has 2 rings (SSSR count). The predicted molar refractivity (Wildman–Crippen MR) is 88.1 cm³/mol. The second kappa shape index (κ2) is 6.23. The lowest BCUT2D eigenvalue weighted by Crippen LogP contribution is -2.31. The standard InChI is InChI=1S/C15H21N3OS2/c1-8(15-10(3)21-12(5)17-15)18(6)14(19)7-13-9(2)20-11(4)16-13/h8H,7H2,1-6H3. The van der Waals surface area contributed by atoms with E-state index in [1.807, 2.05) is 34.7 Å². The van der Waals surface area contributed by atoms with Gasteiger partial charge in [-0.05, 0) is 34.6 Å². The summed E-state index contributed by atoms with van der Waals surface area (Å²) in [7, 11) is 1.84. The van der Waals surface area contributed by atoms with Crippen molar-refractivity contribution in [3.8, 4) is 0 Å². The predicted octanol–water partition coefficient (Wildman–Crippen LogP) is 3.60. The first-order valence-electron chi connectivity index (χ1n) is 6.92. The quantitative estimate of drug-likeness (QED) is 0.863.